The average Bonchev–Trinajstić information content (AvgIpc) is 2.27. The van der Waals surface area contributed by atoms with Gasteiger partial charge in [0.1, 0.15) is 5.25 Å². The van der Waals surface area contributed by atoms with Gasteiger partial charge >= 0.3 is 0 Å². The van der Waals surface area contributed by atoms with Gasteiger partial charge in [-0.2, -0.15) is 0 Å². The number of sulfone groups is 1. The normalized spacial score (nSPS) is 21.3. The molecule has 7 heteroatoms. The predicted molar refractivity (Wildman–Crippen MR) is 69.2 cm³/mol. The van der Waals surface area contributed by atoms with Crippen molar-refractivity contribution >= 4 is 15.7 Å². The standard InChI is InChI=1S/C11H22N2O4S/c1-9(8-13-4-6-17-7-5-13)12-11(14)10(2)18(3,15)16/h9-10H,4-8H2,1-3H3,(H,12,14). The van der Waals surface area contributed by atoms with Gasteiger partial charge in [-0.1, -0.05) is 0 Å². The number of carbonyl (C=O) groups excluding carboxylic acids is 1. The third-order valence-electron chi connectivity index (χ3n) is 3.04. The topological polar surface area (TPSA) is 75.7 Å². The van der Waals surface area contributed by atoms with Crippen LogP contribution in [0.3, 0.4) is 0 Å². The Balaban J connectivity index is 2.39. The first-order valence-electron chi connectivity index (χ1n) is 6.10. The molecule has 0 aromatic heterocycles. The number of morpholine rings is 1. The summed E-state index contributed by atoms with van der Waals surface area (Å²) in [6.45, 7) is 7.12. The second-order valence-corrected chi connectivity index (χ2v) is 7.16. The molecule has 0 aliphatic carbocycles. The lowest BCUT2D eigenvalue weighted by Gasteiger charge is -2.29. The number of nitrogens with one attached hydrogen (secondary N) is 1. The van der Waals surface area contributed by atoms with Crippen molar-refractivity contribution in [3.05, 3.63) is 0 Å². The molecule has 2 atom stereocenters. The molecule has 1 rings (SSSR count). The zero-order chi connectivity index (χ0) is 13.8. The predicted octanol–water partition coefficient (Wildman–Crippen LogP) is -0.744. The first-order valence-corrected chi connectivity index (χ1v) is 8.05. The van der Waals surface area contributed by atoms with E-state index in [1.807, 2.05) is 6.92 Å². The van der Waals surface area contributed by atoms with Crippen LogP contribution < -0.4 is 5.32 Å². The molecule has 0 radical (unpaired) electrons. The molecule has 0 saturated carbocycles. The number of amides is 1. The van der Waals surface area contributed by atoms with Gasteiger partial charge in [-0.3, -0.25) is 9.69 Å². The highest BCUT2D eigenvalue weighted by molar-refractivity contribution is 7.92. The number of hydrogen-bond donors (Lipinski definition) is 1. The lowest BCUT2D eigenvalue weighted by molar-refractivity contribution is -0.121. The summed E-state index contributed by atoms with van der Waals surface area (Å²) in [7, 11) is -3.33. The SMILES string of the molecule is CC(CN1CCOCC1)NC(=O)C(C)S(C)(=O)=O. The molecule has 1 fully saturated rings. The number of nitrogens with zero attached hydrogens (tertiary/aromatic N) is 1. The van der Waals surface area contributed by atoms with Crippen LogP contribution >= 0.6 is 0 Å². The molecule has 1 aliphatic rings. The third kappa shape index (κ3) is 4.91. The van der Waals surface area contributed by atoms with Gasteiger partial charge in [0.2, 0.25) is 5.91 Å². The highest BCUT2D eigenvalue weighted by Gasteiger charge is 2.25. The minimum absolute atomic E-state index is 0.0696. The minimum atomic E-state index is -3.33. The summed E-state index contributed by atoms with van der Waals surface area (Å²) in [6, 6.07) is -0.0696. The van der Waals surface area contributed by atoms with Crippen LogP contribution in [0.5, 0.6) is 0 Å². The molecule has 0 aromatic carbocycles. The Morgan fingerprint density at radius 1 is 1.33 bits per heavy atom. The Labute approximate surface area is 109 Å². The van der Waals surface area contributed by atoms with Gasteiger partial charge in [-0.25, -0.2) is 8.42 Å². The van der Waals surface area contributed by atoms with E-state index in [2.05, 4.69) is 10.2 Å². The summed E-state index contributed by atoms with van der Waals surface area (Å²) >= 11 is 0. The van der Waals surface area contributed by atoms with Crippen LogP contribution in [0.1, 0.15) is 13.8 Å². The van der Waals surface area contributed by atoms with Gasteiger partial charge in [0.25, 0.3) is 0 Å². The van der Waals surface area contributed by atoms with E-state index in [9.17, 15) is 13.2 Å². The Morgan fingerprint density at radius 3 is 2.39 bits per heavy atom. The number of hydrogen-bond acceptors (Lipinski definition) is 5. The Morgan fingerprint density at radius 2 is 1.89 bits per heavy atom. The van der Waals surface area contributed by atoms with Gasteiger partial charge in [0, 0.05) is 31.9 Å². The van der Waals surface area contributed by atoms with Crippen molar-refractivity contribution in [2.24, 2.45) is 0 Å². The summed E-state index contributed by atoms with van der Waals surface area (Å²) in [5.41, 5.74) is 0. The largest absolute Gasteiger partial charge is 0.379 e. The Hall–Kier alpha value is -0.660. The van der Waals surface area contributed by atoms with Gasteiger partial charge in [0.05, 0.1) is 13.2 Å². The van der Waals surface area contributed by atoms with Crippen LogP contribution in [0.15, 0.2) is 0 Å². The molecule has 1 aliphatic heterocycles. The van der Waals surface area contributed by atoms with Crippen LogP contribution in [0.25, 0.3) is 0 Å². The molecule has 6 nitrogen and oxygen atoms in total. The van der Waals surface area contributed by atoms with Crippen LogP contribution in [0, 0.1) is 0 Å². The maximum Gasteiger partial charge on any atom is 0.238 e. The van der Waals surface area contributed by atoms with E-state index in [1.54, 1.807) is 0 Å². The highest BCUT2D eigenvalue weighted by atomic mass is 32.2. The van der Waals surface area contributed by atoms with Crippen molar-refractivity contribution in [2.45, 2.75) is 25.1 Å². The first kappa shape index (κ1) is 15.4. The fourth-order valence-corrected chi connectivity index (χ4v) is 2.23. The molecule has 0 aromatic rings. The van der Waals surface area contributed by atoms with Crippen LogP contribution in [-0.4, -0.2) is 69.6 Å². The molecule has 0 bridgehead atoms. The molecule has 1 amide bonds. The van der Waals surface area contributed by atoms with E-state index < -0.39 is 21.0 Å². The third-order valence-corrected chi connectivity index (χ3v) is 4.53. The van der Waals surface area contributed by atoms with Crippen molar-refractivity contribution in [3.63, 3.8) is 0 Å². The highest BCUT2D eigenvalue weighted by Crippen LogP contribution is 2.01. The fraction of sp³-hybridized carbons (Fsp3) is 0.909. The molecular formula is C11H22N2O4S. The number of rotatable bonds is 5. The zero-order valence-corrected chi connectivity index (χ0v) is 12.0. The molecule has 0 spiro atoms. The fourth-order valence-electron chi connectivity index (χ4n) is 1.77. The maximum absolute atomic E-state index is 11.7. The lowest BCUT2D eigenvalue weighted by Crippen LogP contribution is -2.48. The molecule has 18 heavy (non-hydrogen) atoms. The Bertz CT molecular complexity index is 377. The second-order valence-electron chi connectivity index (χ2n) is 4.79. The molecule has 1 heterocycles. The van der Waals surface area contributed by atoms with Crippen molar-refractivity contribution in [1.82, 2.24) is 10.2 Å². The van der Waals surface area contributed by atoms with Crippen LogP contribution in [-0.2, 0) is 19.4 Å². The average molecular weight is 278 g/mol. The molecule has 1 N–H and O–H groups in total. The van der Waals surface area contributed by atoms with Crippen molar-refractivity contribution in [1.29, 1.82) is 0 Å². The molecular weight excluding hydrogens is 256 g/mol. The van der Waals surface area contributed by atoms with Gasteiger partial charge in [0.15, 0.2) is 9.84 Å². The first-order chi connectivity index (χ1) is 8.30. The summed E-state index contributed by atoms with van der Waals surface area (Å²) in [6.07, 6.45) is 1.07. The summed E-state index contributed by atoms with van der Waals surface area (Å²) in [4.78, 5) is 13.9. The quantitative estimate of drug-likeness (QED) is 0.716. The molecule has 1 saturated heterocycles. The van der Waals surface area contributed by atoms with E-state index in [-0.39, 0.29) is 6.04 Å². The van der Waals surface area contributed by atoms with Crippen molar-refractivity contribution in [3.8, 4) is 0 Å². The van der Waals surface area contributed by atoms with E-state index >= 15 is 0 Å². The Kier molecular flexibility index (Phi) is 5.55. The zero-order valence-electron chi connectivity index (χ0n) is 11.2. The number of ether oxygens (including phenoxy) is 1. The van der Waals surface area contributed by atoms with Crippen molar-refractivity contribution < 1.29 is 17.9 Å². The van der Waals surface area contributed by atoms with E-state index in [0.29, 0.717) is 19.8 Å². The van der Waals surface area contributed by atoms with Gasteiger partial charge in [-0.05, 0) is 13.8 Å². The lowest BCUT2D eigenvalue weighted by atomic mass is 10.2. The number of carbonyl (C=O) groups is 1. The van der Waals surface area contributed by atoms with E-state index in [0.717, 1.165) is 19.3 Å². The summed E-state index contributed by atoms with van der Waals surface area (Å²) < 4.78 is 27.7. The van der Waals surface area contributed by atoms with E-state index in [1.165, 1.54) is 6.92 Å². The minimum Gasteiger partial charge on any atom is -0.379 e. The van der Waals surface area contributed by atoms with Gasteiger partial charge < -0.3 is 10.1 Å². The van der Waals surface area contributed by atoms with E-state index in [4.69, 9.17) is 4.74 Å². The maximum atomic E-state index is 11.7. The molecule has 106 valence electrons. The van der Waals surface area contributed by atoms with Crippen LogP contribution in [0.4, 0.5) is 0 Å². The summed E-state index contributed by atoms with van der Waals surface area (Å²) in [5, 5.41) is 1.74. The molecule has 2 unspecified atom stereocenters. The van der Waals surface area contributed by atoms with Crippen LogP contribution in [0.2, 0.25) is 0 Å². The van der Waals surface area contributed by atoms with Gasteiger partial charge in [-0.15, -0.1) is 0 Å². The smallest absolute Gasteiger partial charge is 0.238 e. The second kappa shape index (κ2) is 6.49. The van der Waals surface area contributed by atoms with Crippen molar-refractivity contribution in [2.75, 3.05) is 39.1 Å². The summed E-state index contributed by atoms with van der Waals surface area (Å²) in [5.74, 6) is -0.432. The monoisotopic (exact) mass is 278 g/mol.